The number of nitrogens with zero attached hydrogens (tertiary/aromatic N) is 1. The second kappa shape index (κ2) is 5.59. The number of rotatable bonds is 2. The Balaban J connectivity index is 2.18. The van der Waals surface area contributed by atoms with Crippen LogP contribution >= 0.6 is 0 Å². The summed E-state index contributed by atoms with van der Waals surface area (Å²) in [4.78, 5) is 37.3. The van der Waals surface area contributed by atoms with Gasteiger partial charge in [-0.3, -0.25) is 14.4 Å². The standard InChI is InChI=1S/C13H21N3O3/c1-8(17)15-10-5-3-4-9-6-7-11(12(18)14-2)16(9)13(10)19/h9-11H,3-7H2,1-2H3,(H,14,18)(H,15,17)/t9-,10-,11-/m0/s1. The van der Waals surface area contributed by atoms with Gasteiger partial charge in [-0.15, -0.1) is 0 Å². The number of hydrogen-bond acceptors (Lipinski definition) is 3. The molecule has 0 radical (unpaired) electrons. The maximum atomic E-state index is 12.5. The molecule has 6 nitrogen and oxygen atoms in total. The number of hydrogen-bond donors (Lipinski definition) is 2. The molecular weight excluding hydrogens is 246 g/mol. The van der Waals surface area contributed by atoms with Crippen LogP contribution in [0.3, 0.4) is 0 Å². The average Bonchev–Trinajstić information content (AvgIpc) is 2.73. The van der Waals surface area contributed by atoms with Gasteiger partial charge in [0.1, 0.15) is 12.1 Å². The van der Waals surface area contributed by atoms with Crippen molar-refractivity contribution in [2.24, 2.45) is 0 Å². The van der Waals surface area contributed by atoms with Gasteiger partial charge in [0.25, 0.3) is 0 Å². The second-order valence-corrected chi connectivity index (χ2v) is 5.29. The number of fused-ring (bicyclic) bond motifs is 1. The Morgan fingerprint density at radius 3 is 2.58 bits per heavy atom. The molecule has 2 aliphatic heterocycles. The molecule has 2 saturated heterocycles. The van der Waals surface area contributed by atoms with E-state index in [-0.39, 0.29) is 29.8 Å². The predicted molar refractivity (Wildman–Crippen MR) is 69.2 cm³/mol. The van der Waals surface area contributed by atoms with Gasteiger partial charge in [-0.25, -0.2) is 0 Å². The zero-order valence-electron chi connectivity index (χ0n) is 11.4. The van der Waals surface area contributed by atoms with Crippen LogP contribution in [-0.2, 0) is 14.4 Å². The van der Waals surface area contributed by atoms with Crippen LogP contribution in [0.25, 0.3) is 0 Å². The molecule has 0 aromatic carbocycles. The van der Waals surface area contributed by atoms with Crippen LogP contribution in [0.5, 0.6) is 0 Å². The lowest BCUT2D eigenvalue weighted by molar-refractivity contribution is -0.142. The first-order valence-electron chi connectivity index (χ1n) is 6.85. The molecule has 2 rings (SSSR count). The molecule has 0 saturated carbocycles. The number of carbonyl (C=O) groups is 3. The van der Waals surface area contributed by atoms with Gasteiger partial charge in [-0.1, -0.05) is 0 Å². The largest absolute Gasteiger partial charge is 0.357 e. The molecule has 3 atom stereocenters. The molecule has 2 aliphatic rings. The van der Waals surface area contributed by atoms with E-state index in [9.17, 15) is 14.4 Å². The molecular formula is C13H21N3O3. The summed E-state index contributed by atoms with van der Waals surface area (Å²) in [5.41, 5.74) is 0. The monoisotopic (exact) mass is 267 g/mol. The van der Waals surface area contributed by atoms with Crippen molar-refractivity contribution < 1.29 is 14.4 Å². The topological polar surface area (TPSA) is 78.5 Å². The van der Waals surface area contributed by atoms with Gasteiger partial charge in [0.15, 0.2) is 0 Å². The first-order valence-corrected chi connectivity index (χ1v) is 6.85. The highest BCUT2D eigenvalue weighted by Crippen LogP contribution is 2.31. The number of nitrogens with one attached hydrogen (secondary N) is 2. The van der Waals surface area contributed by atoms with Crippen molar-refractivity contribution in [1.29, 1.82) is 0 Å². The number of amides is 3. The summed E-state index contributed by atoms with van der Waals surface area (Å²) in [5.74, 6) is -0.421. The van der Waals surface area contributed by atoms with Crippen LogP contribution in [0.15, 0.2) is 0 Å². The zero-order chi connectivity index (χ0) is 14.0. The van der Waals surface area contributed by atoms with Gasteiger partial charge in [0.2, 0.25) is 17.7 Å². The highest BCUT2D eigenvalue weighted by molar-refractivity contribution is 5.92. The Kier molecular flexibility index (Phi) is 4.07. The maximum Gasteiger partial charge on any atom is 0.246 e. The molecule has 0 bridgehead atoms. The third kappa shape index (κ3) is 2.72. The van der Waals surface area contributed by atoms with E-state index >= 15 is 0 Å². The number of likely N-dealkylation sites (N-methyl/N-ethyl adjacent to an activating group) is 1. The summed E-state index contributed by atoms with van der Waals surface area (Å²) >= 11 is 0. The predicted octanol–water partition coefficient (Wildman–Crippen LogP) is -0.219. The maximum absolute atomic E-state index is 12.5. The zero-order valence-corrected chi connectivity index (χ0v) is 11.4. The van der Waals surface area contributed by atoms with Crippen LogP contribution in [0.4, 0.5) is 0 Å². The van der Waals surface area contributed by atoms with Crippen molar-refractivity contribution in [3.8, 4) is 0 Å². The minimum absolute atomic E-state index is 0.108. The normalized spacial score (nSPS) is 30.5. The third-order valence-corrected chi connectivity index (χ3v) is 4.01. The van der Waals surface area contributed by atoms with E-state index < -0.39 is 6.04 Å². The van der Waals surface area contributed by atoms with Crippen molar-refractivity contribution in [2.75, 3.05) is 7.05 Å². The molecule has 0 spiro atoms. The first-order chi connectivity index (χ1) is 9.04. The molecule has 6 heteroatoms. The van der Waals surface area contributed by atoms with Crippen molar-refractivity contribution >= 4 is 17.7 Å². The molecule has 106 valence electrons. The molecule has 2 fully saturated rings. The molecule has 0 aromatic heterocycles. The van der Waals surface area contributed by atoms with Gasteiger partial charge in [0.05, 0.1) is 0 Å². The minimum Gasteiger partial charge on any atom is -0.357 e. The fourth-order valence-corrected chi connectivity index (χ4v) is 3.16. The summed E-state index contributed by atoms with van der Waals surface area (Å²) in [5, 5.41) is 5.32. The van der Waals surface area contributed by atoms with Gasteiger partial charge in [-0.05, 0) is 32.1 Å². The van der Waals surface area contributed by atoms with Gasteiger partial charge >= 0.3 is 0 Å². The minimum atomic E-state index is -0.479. The molecule has 0 unspecified atom stereocenters. The molecule has 2 heterocycles. The van der Waals surface area contributed by atoms with E-state index in [0.717, 1.165) is 19.3 Å². The van der Waals surface area contributed by atoms with E-state index in [1.54, 1.807) is 11.9 Å². The fourth-order valence-electron chi connectivity index (χ4n) is 3.16. The average molecular weight is 267 g/mol. The summed E-state index contributed by atoms with van der Waals surface area (Å²) in [6.45, 7) is 1.41. The smallest absolute Gasteiger partial charge is 0.246 e. The third-order valence-electron chi connectivity index (χ3n) is 4.01. The molecule has 0 aromatic rings. The summed E-state index contributed by atoms with van der Waals surface area (Å²) in [6, 6.07) is -0.710. The first kappa shape index (κ1) is 13.8. The van der Waals surface area contributed by atoms with E-state index in [0.29, 0.717) is 12.8 Å². The van der Waals surface area contributed by atoms with Gasteiger partial charge in [-0.2, -0.15) is 0 Å². The quantitative estimate of drug-likeness (QED) is 0.726. The lowest BCUT2D eigenvalue weighted by atomic mass is 10.1. The van der Waals surface area contributed by atoms with Crippen LogP contribution < -0.4 is 10.6 Å². The lowest BCUT2D eigenvalue weighted by Crippen LogP contribution is -2.53. The molecule has 19 heavy (non-hydrogen) atoms. The van der Waals surface area contributed by atoms with Crippen LogP contribution in [-0.4, -0.2) is 47.8 Å². The Bertz CT molecular complexity index is 397. The summed E-state index contributed by atoms with van der Waals surface area (Å²) in [7, 11) is 1.59. The van der Waals surface area contributed by atoms with Crippen molar-refractivity contribution in [2.45, 2.75) is 57.2 Å². The Hall–Kier alpha value is -1.59. The SMILES string of the molecule is CNC(=O)[C@@H]1CC[C@@H]2CCC[C@H](NC(C)=O)C(=O)N21. The molecule has 3 amide bonds. The van der Waals surface area contributed by atoms with E-state index in [1.165, 1.54) is 6.92 Å². The highest BCUT2D eigenvalue weighted by Gasteiger charge is 2.44. The molecule has 2 N–H and O–H groups in total. The van der Waals surface area contributed by atoms with Crippen LogP contribution in [0.2, 0.25) is 0 Å². The van der Waals surface area contributed by atoms with Crippen molar-refractivity contribution in [3.05, 3.63) is 0 Å². The summed E-state index contributed by atoms with van der Waals surface area (Å²) in [6.07, 6.45) is 4.05. The van der Waals surface area contributed by atoms with Gasteiger partial charge in [0, 0.05) is 20.0 Å². The number of carbonyl (C=O) groups excluding carboxylic acids is 3. The van der Waals surface area contributed by atoms with Gasteiger partial charge < -0.3 is 15.5 Å². The lowest BCUT2D eigenvalue weighted by Gasteiger charge is -2.30. The van der Waals surface area contributed by atoms with Crippen LogP contribution in [0, 0.1) is 0 Å². The Morgan fingerprint density at radius 1 is 1.21 bits per heavy atom. The second-order valence-electron chi connectivity index (χ2n) is 5.29. The molecule has 0 aliphatic carbocycles. The van der Waals surface area contributed by atoms with Crippen LogP contribution in [0.1, 0.15) is 39.0 Å². The fraction of sp³-hybridized carbons (Fsp3) is 0.769. The van der Waals surface area contributed by atoms with E-state index in [1.807, 2.05) is 0 Å². The Labute approximate surface area is 112 Å². The van der Waals surface area contributed by atoms with E-state index in [2.05, 4.69) is 10.6 Å². The Morgan fingerprint density at radius 2 is 1.95 bits per heavy atom. The summed E-state index contributed by atoms with van der Waals surface area (Å²) < 4.78 is 0. The van der Waals surface area contributed by atoms with E-state index in [4.69, 9.17) is 0 Å². The van der Waals surface area contributed by atoms with Crippen molar-refractivity contribution in [1.82, 2.24) is 15.5 Å². The van der Waals surface area contributed by atoms with Crippen molar-refractivity contribution in [3.63, 3.8) is 0 Å². The highest BCUT2D eigenvalue weighted by atomic mass is 16.2.